The van der Waals surface area contributed by atoms with E-state index in [0.29, 0.717) is 0 Å². The van der Waals surface area contributed by atoms with E-state index in [0.717, 1.165) is 28.5 Å². The Morgan fingerprint density at radius 2 is 1.95 bits per heavy atom. The first-order chi connectivity index (χ1) is 9.33. The van der Waals surface area contributed by atoms with Crippen LogP contribution in [0.2, 0.25) is 0 Å². The zero-order valence-electron chi connectivity index (χ0n) is 10.5. The number of aromatic nitrogens is 2. The van der Waals surface area contributed by atoms with Gasteiger partial charge in [-0.25, -0.2) is 0 Å². The molecule has 1 unspecified atom stereocenters. The maximum atomic E-state index is 6.27. The van der Waals surface area contributed by atoms with Crippen molar-refractivity contribution in [2.75, 3.05) is 0 Å². The van der Waals surface area contributed by atoms with E-state index >= 15 is 0 Å². The lowest BCUT2D eigenvalue weighted by Gasteiger charge is -2.12. The summed E-state index contributed by atoms with van der Waals surface area (Å²) in [5.41, 5.74) is 9.55. The average molecular weight is 249 g/mol. The molecule has 0 fully saturated rings. The first kappa shape index (κ1) is 11.8. The van der Waals surface area contributed by atoms with Gasteiger partial charge >= 0.3 is 0 Å². The van der Waals surface area contributed by atoms with Crippen LogP contribution in [0.5, 0.6) is 0 Å². The normalized spacial score (nSPS) is 12.5. The Morgan fingerprint density at radius 3 is 2.79 bits per heavy atom. The summed E-state index contributed by atoms with van der Waals surface area (Å²) in [6, 6.07) is 14.2. The standard InChI is InChI=1S/C16H15N3/c17-15(9-12-3-1-7-18-11-12)13-5-6-16-14(10-13)4-2-8-19-16/h1-8,10-11,15H,9,17H2. The van der Waals surface area contributed by atoms with Crippen molar-refractivity contribution in [3.63, 3.8) is 0 Å². The lowest BCUT2D eigenvalue weighted by atomic mass is 9.99. The summed E-state index contributed by atoms with van der Waals surface area (Å²) in [6.07, 6.45) is 6.23. The molecule has 1 atom stereocenters. The Kier molecular flexibility index (Phi) is 3.21. The van der Waals surface area contributed by atoms with E-state index in [-0.39, 0.29) is 6.04 Å². The van der Waals surface area contributed by atoms with Crippen LogP contribution in [0, 0.1) is 0 Å². The van der Waals surface area contributed by atoms with Gasteiger partial charge < -0.3 is 5.73 Å². The van der Waals surface area contributed by atoms with Gasteiger partial charge in [0.2, 0.25) is 0 Å². The van der Waals surface area contributed by atoms with Gasteiger partial charge in [-0.2, -0.15) is 0 Å². The van der Waals surface area contributed by atoms with Crippen LogP contribution in [0.25, 0.3) is 10.9 Å². The topological polar surface area (TPSA) is 51.8 Å². The summed E-state index contributed by atoms with van der Waals surface area (Å²) < 4.78 is 0. The van der Waals surface area contributed by atoms with Crippen LogP contribution in [-0.4, -0.2) is 9.97 Å². The molecule has 0 bridgehead atoms. The van der Waals surface area contributed by atoms with Crippen molar-refractivity contribution in [1.29, 1.82) is 0 Å². The van der Waals surface area contributed by atoms with Gasteiger partial charge in [0.15, 0.2) is 0 Å². The second-order valence-electron chi connectivity index (χ2n) is 4.63. The second-order valence-corrected chi connectivity index (χ2v) is 4.63. The van der Waals surface area contributed by atoms with Crippen molar-refractivity contribution in [3.05, 3.63) is 72.2 Å². The fourth-order valence-electron chi connectivity index (χ4n) is 2.22. The van der Waals surface area contributed by atoms with Crippen LogP contribution < -0.4 is 5.73 Å². The fraction of sp³-hybridized carbons (Fsp3) is 0.125. The number of pyridine rings is 2. The molecule has 0 amide bonds. The number of hydrogen-bond donors (Lipinski definition) is 1. The number of nitrogens with two attached hydrogens (primary N) is 1. The molecular formula is C16H15N3. The lowest BCUT2D eigenvalue weighted by Crippen LogP contribution is -2.13. The molecule has 0 aliphatic carbocycles. The minimum atomic E-state index is -0.0196. The molecule has 3 heteroatoms. The van der Waals surface area contributed by atoms with Gasteiger partial charge in [-0.3, -0.25) is 9.97 Å². The van der Waals surface area contributed by atoms with Crippen molar-refractivity contribution >= 4 is 10.9 Å². The number of rotatable bonds is 3. The van der Waals surface area contributed by atoms with Crippen LogP contribution in [0.4, 0.5) is 0 Å². The number of fused-ring (bicyclic) bond motifs is 1. The van der Waals surface area contributed by atoms with E-state index < -0.39 is 0 Å². The van der Waals surface area contributed by atoms with Gasteiger partial charge in [-0.05, 0) is 41.8 Å². The predicted octanol–water partition coefficient (Wildman–Crippen LogP) is 2.87. The van der Waals surface area contributed by atoms with E-state index in [1.165, 1.54) is 0 Å². The van der Waals surface area contributed by atoms with Gasteiger partial charge in [0.05, 0.1) is 5.52 Å². The van der Waals surface area contributed by atoms with Crippen LogP contribution in [0.1, 0.15) is 17.2 Å². The van der Waals surface area contributed by atoms with Crippen molar-refractivity contribution in [2.24, 2.45) is 5.73 Å². The molecule has 3 rings (SSSR count). The molecule has 0 saturated carbocycles. The Labute approximate surface area is 112 Å². The van der Waals surface area contributed by atoms with Crippen LogP contribution in [0.15, 0.2) is 61.1 Å². The van der Waals surface area contributed by atoms with Crippen molar-refractivity contribution in [3.8, 4) is 0 Å². The van der Waals surface area contributed by atoms with Gasteiger partial charge in [0.25, 0.3) is 0 Å². The van der Waals surface area contributed by atoms with Crippen molar-refractivity contribution < 1.29 is 0 Å². The van der Waals surface area contributed by atoms with E-state index in [1.807, 2.05) is 24.4 Å². The summed E-state index contributed by atoms with van der Waals surface area (Å²) in [5.74, 6) is 0. The fourth-order valence-corrected chi connectivity index (χ4v) is 2.22. The molecule has 3 aromatic rings. The molecule has 19 heavy (non-hydrogen) atoms. The largest absolute Gasteiger partial charge is 0.324 e. The minimum Gasteiger partial charge on any atom is -0.324 e. The zero-order valence-corrected chi connectivity index (χ0v) is 10.5. The van der Waals surface area contributed by atoms with Gasteiger partial charge in [0, 0.05) is 30.0 Å². The van der Waals surface area contributed by atoms with Crippen molar-refractivity contribution in [2.45, 2.75) is 12.5 Å². The highest BCUT2D eigenvalue weighted by molar-refractivity contribution is 5.79. The minimum absolute atomic E-state index is 0.0196. The van der Waals surface area contributed by atoms with Crippen LogP contribution in [-0.2, 0) is 6.42 Å². The monoisotopic (exact) mass is 249 g/mol. The van der Waals surface area contributed by atoms with E-state index in [9.17, 15) is 0 Å². The van der Waals surface area contributed by atoms with Crippen LogP contribution >= 0.6 is 0 Å². The highest BCUT2D eigenvalue weighted by Gasteiger charge is 2.08. The number of nitrogens with zero attached hydrogens (tertiary/aromatic N) is 2. The number of hydrogen-bond acceptors (Lipinski definition) is 3. The Hall–Kier alpha value is -2.26. The molecule has 0 spiro atoms. The molecule has 2 heterocycles. The predicted molar refractivity (Wildman–Crippen MR) is 76.6 cm³/mol. The highest BCUT2D eigenvalue weighted by Crippen LogP contribution is 2.20. The van der Waals surface area contributed by atoms with E-state index in [4.69, 9.17) is 5.73 Å². The SMILES string of the molecule is NC(Cc1cccnc1)c1ccc2ncccc2c1. The zero-order chi connectivity index (χ0) is 13.1. The third-order valence-electron chi connectivity index (χ3n) is 3.23. The number of benzene rings is 1. The van der Waals surface area contributed by atoms with Crippen molar-refractivity contribution in [1.82, 2.24) is 9.97 Å². The second kappa shape index (κ2) is 5.16. The van der Waals surface area contributed by atoms with Gasteiger partial charge in [-0.1, -0.05) is 18.2 Å². The third kappa shape index (κ3) is 2.61. The molecule has 0 aliphatic rings. The summed E-state index contributed by atoms with van der Waals surface area (Å²) >= 11 is 0. The quantitative estimate of drug-likeness (QED) is 0.776. The summed E-state index contributed by atoms with van der Waals surface area (Å²) in [5, 5.41) is 1.13. The third-order valence-corrected chi connectivity index (χ3v) is 3.23. The first-order valence-corrected chi connectivity index (χ1v) is 6.32. The van der Waals surface area contributed by atoms with E-state index in [2.05, 4.69) is 34.2 Å². The maximum absolute atomic E-state index is 6.27. The molecule has 1 aromatic carbocycles. The lowest BCUT2D eigenvalue weighted by molar-refractivity contribution is 0.720. The Balaban J connectivity index is 1.87. The molecule has 94 valence electrons. The maximum Gasteiger partial charge on any atom is 0.0702 e. The first-order valence-electron chi connectivity index (χ1n) is 6.32. The molecule has 3 nitrogen and oxygen atoms in total. The van der Waals surface area contributed by atoms with E-state index in [1.54, 1.807) is 12.4 Å². The summed E-state index contributed by atoms with van der Waals surface area (Å²) in [7, 11) is 0. The smallest absolute Gasteiger partial charge is 0.0702 e. The molecular weight excluding hydrogens is 234 g/mol. The van der Waals surface area contributed by atoms with Gasteiger partial charge in [0.1, 0.15) is 0 Å². The molecule has 2 aromatic heterocycles. The van der Waals surface area contributed by atoms with Crippen LogP contribution in [0.3, 0.4) is 0 Å². The van der Waals surface area contributed by atoms with Gasteiger partial charge in [-0.15, -0.1) is 0 Å². The molecule has 2 N–H and O–H groups in total. The Morgan fingerprint density at radius 1 is 1.05 bits per heavy atom. The molecule has 0 aliphatic heterocycles. The average Bonchev–Trinajstić information content (AvgIpc) is 2.48. The summed E-state index contributed by atoms with van der Waals surface area (Å²) in [6.45, 7) is 0. The molecule has 0 saturated heterocycles. The molecule has 0 radical (unpaired) electrons. The Bertz CT molecular complexity index is 680. The highest BCUT2D eigenvalue weighted by atomic mass is 14.7. The summed E-state index contributed by atoms with van der Waals surface area (Å²) in [4.78, 5) is 8.43.